The van der Waals surface area contributed by atoms with E-state index in [9.17, 15) is 92.2 Å². The minimum atomic E-state index is -9.07. The van der Waals surface area contributed by atoms with Gasteiger partial charge < -0.3 is 0 Å². The molecule has 0 unspecified atom stereocenters. The Morgan fingerprint density at radius 1 is 0.375 bits per heavy atom. The van der Waals surface area contributed by atoms with Gasteiger partial charge in [-0.1, -0.05) is 0 Å². The standard InChI is InChI=1S/C11H3F21/c12-1-3(15,16)5(19,20)7(23,24)9(27,28)11(31,32)10(29,30)8(25,26)6(21,22)4(17,18)2(13)14/h2H,1H2. The Hall–Kier alpha value is -1.47. The van der Waals surface area contributed by atoms with Gasteiger partial charge in [0.2, 0.25) is 0 Å². The van der Waals surface area contributed by atoms with E-state index >= 15 is 0 Å². The van der Waals surface area contributed by atoms with Crippen LogP contribution in [-0.4, -0.2) is 66.4 Å². The molecule has 0 N–H and O–H groups in total. The maximum atomic E-state index is 13.2. The van der Waals surface area contributed by atoms with Crippen LogP contribution in [0.5, 0.6) is 0 Å². The highest BCUT2D eigenvalue weighted by molar-refractivity contribution is 5.17. The zero-order chi connectivity index (χ0) is 26.8. The molecule has 0 nitrogen and oxygen atoms in total. The van der Waals surface area contributed by atoms with E-state index in [1.54, 1.807) is 0 Å². The summed E-state index contributed by atoms with van der Waals surface area (Å²) >= 11 is 0. The lowest BCUT2D eigenvalue weighted by Crippen LogP contribution is -2.76. The molecule has 0 aromatic rings. The second-order valence-corrected chi connectivity index (χ2v) is 5.78. The summed E-state index contributed by atoms with van der Waals surface area (Å²) in [6, 6.07) is 0. The third-order valence-electron chi connectivity index (χ3n) is 3.69. The van der Waals surface area contributed by atoms with Crippen molar-refractivity contribution in [2.75, 3.05) is 6.67 Å². The minimum absolute atomic E-state index is 4.08. The van der Waals surface area contributed by atoms with Gasteiger partial charge in [0.15, 0.2) is 6.67 Å². The van der Waals surface area contributed by atoms with Gasteiger partial charge in [-0.2, -0.15) is 79.0 Å². The number of hydrogen-bond donors (Lipinski definition) is 0. The lowest BCUT2D eigenvalue weighted by atomic mass is 9.86. The molecule has 0 aromatic carbocycles. The highest BCUT2D eigenvalue weighted by Gasteiger charge is 2.96. The summed E-state index contributed by atoms with van der Waals surface area (Å²) in [5.41, 5.74) is 0. The third-order valence-corrected chi connectivity index (χ3v) is 3.69. The molecule has 0 heterocycles. The van der Waals surface area contributed by atoms with Crippen LogP contribution in [0.3, 0.4) is 0 Å². The van der Waals surface area contributed by atoms with Crippen molar-refractivity contribution in [3.8, 4) is 0 Å². The van der Waals surface area contributed by atoms with Crippen LogP contribution >= 0.6 is 0 Å². The molecule has 0 amide bonds. The number of rotatable bonds is 10. The first-order chi connectivity index (χ1) is 13.5. The van der Waals surface area contributed by atoms with Crippen molar-refractivity contribution < 1.29 is 92.2 Å². The summed E-state index contributed by atoms with van der Waals surface area (Å²) in [7, 11) is 0. The molecule has 0 fully saturated rings. The van der Waals surface area contributed by atoms with E-state index in [0.29, 0.717) is 0 Å². The number of halogens is 21. The van der Waals surface area contributed by atoms with E-state index in [-0.39, 0.29) is 0 Å². The summed E-state index contributed by atoms with van der Waals surface area (Å²) < 4.78 is 268. The van der Waals surface area contributed by atoms with Crippen LogP contribution in [0.15, 0.2) is 0 Å². The van der Waals surface area contributed by atoms with Gasteiger partial charge in [-0.15, -0.1) is 0 Å². The summed E-state index contributed by atoms with van der Waals surface area (Å²) in [5, 5.41) is 0. The Bertz CT molecular complexity index is 671. The van der Waals surface area contributed by atoms with Crippen LogP contribution in [0.2, 0.25) is 0 Å². The largest absolute Gasteiger partial charge is 0.385 e. The van der Waals surface area contributed by atoms with Gasteiger partial charge in [0.25, 0.3) is 0 Å². The highest BCUT2D eigenvalue weighted by Crippen LogP contribution is 2.65. The SMILES string of the molecule is FCC(F)(F)C(F)(F)C(F)(F)C(F)(F)C(F)(F)C(F)(F)C(F)(F)C(F)(F)C(F)(F)C(F)F. The van der Waals surface area contributed by atoms with Crippen molar-refractivity contribution in [3.63, 3.8) is 0 Å². The monoisotopic (exact) mass is 534 g/mol. The molecule has 0 rings (SSSR count). The van der Waals surface area contributed by atoms with Gasteiger partial charge >= 0.3 is 59.7 Å². The molecule has 32 heavy (non-hydrogen) atoms. The van der Waals surface area contributed by atoms with Gasteiger partial charge in [0, 0.05) is 0 Å². The van der Waals surface area contributed by atoms with E-state index in [1.165, 1.54) is 0 Å². The Morgan fingerprint density at radius 2 is 0.594 bits per heavy atom. The van der Waals surface area contributed by atoms with Gasteiger partial charge in [-0.3, -0.25) is 0 Å². The normalized spacial score (nSPS) is 16.7. The smallest absolute Gasteiger partial charge is 0.244 e. The second-order valence-electron chi connectivity index (χ2n) is 5.78. The van der Waals surface area contributed by atoms with Gasteiger partial charge in [0.05, 0.1) is 0 Å². The molecule has 0 aliphatic carbocycles. The Kier molecular flexibility index (Phi) is 7.18. The van der Waals surface area contributed by atoms with E-state index in [4.69, 9.17) is 0 Å². The minimum Gasteiger partial charge on any atom is -0.244 e. The third kappa shape index (κ3) is 3.42. The summed E-state index contributed by atoms with van der Waals surface area (Å²) in [6.07, 6.45) is -6.11. The quantitative estimate of drug-likeness (QED) is 0.267. The Morgan fingerprint density at radius 3 is 0.812 bits per heavy atom. The van der Waals surface area contributed by atoms with Crippen LogP contribution in [0, 0.1) is 0 Å². The predicted octanol–water partition coefficient (Wildman–Crippen LogP) is 6.94. The zero-order valence-electron chi connectivity index (χ0n) is 13.7. The van der Waals surface area contributed by atoms with Gasteiger partial charge in [-0.05, 0) is 0 Å². The molecule has 21 heteroatoms. The zero-order valence-corrected chi connectivity index (χ0v) is 13.7. The summed E-state index contributed by atoms with van der Waals surface area (Å²) in [5.74, 6) is -76.0. The second kappa shape index (κ2) is 7.52. The Labute approximate surface area is 160 Å². The maximum absolute atomic E-state index is 13.2. The molecule has 0 spiro atoms. The van der Waals surface area contributed by atoms with Crippen LogP contribution in [-0.2, 0) is 0 Å². The summed E-state index contributed by atoms with van der Waals surface area (Å²) in [6.45, 7) is -4.08. The molecule has 0 radical (unpaired) electrons. The van der Waals surface area contributed by atoms with E-state index in [1.807, 2.05) is 0 Å². The average molecular weight is 534 g/mol. The predicted molar refractivity (Wildman–Crippen MR) is 56.5 cm³/mol. The fourth-order valence-corrected chi connectivity index (χ4v) is 1.65. The highest BCUT2D eigenvalue weighted by atomic mass is 19.4. The van der Waals surface area contributed by atoms with Gasteiger partial charge in [0.1, 0.15) is 0 Å². The van der Waals surface area contributed by atoms with Crippen molar-refractivity contribution in [2.45, 2.75) is 59.7 Å². The fraction of sp³-hybridized carbons (Fsp3) is 1.00. The molecule has 0 saturated carbocycles. The van der Waals surface area contributed by atoms with E-state index in [2.05, 4.69) is 0 Å². The molecule has 0 aromatic heterocycles. The van der Waals surface area contributed by atoms with Crippen molar-refractivity contribution in [1.82, 2.24) is 0 Å². The van der Waals surface area contributed by atoms with Crippen molar-refractivity contribution in [3.05, 3.63) is 0 Å². The average Bonchev–Trinajstić information content (AvgIpc) is 2.59. The first kappa shape index (κ1) is 30.5. The van der Waals surface area contributed by atoms with Crippen LogP contribution in [0.1, 0.15) is 0 Å². The maximum Gasteiger partial charge on any atom is 0.385 e. The van der Waals surface area contributed by atoms with E-state index in [0.717, 1.165) is 0 Å². The topological polar surface area (TPSA) is 0 Å². The van der Waals surface area contributed by atoms with Crippen LogP contribution in [0.4, 0.5) is 92.2 Å². The van der Waals surface area contributed by atoms with Crippen LogP contribution in [0.25, 0.3) is 0 Å². The van der Waals surface area contributed by atoms with E-state index < -0.39 is 66.4 Å². The summed E-state index contributed by atoms with van der Waals surface area (Å²) in [4.78, 5) is 0. The molecular formula is C11H3F21. The van der Waals surface area contributed by atoms with Crippen molar-refractivity contribution >= 4 is 0 Å². The number of hydrogen-bond acceptors (Lipinski definition) is 0. The lowest BCUT2D eigenvalue weighted by molar-refractivity contribution is -0.465. The molecule has 0 aliphatic heterocycles. The van der Waals surface area contributed by atoms with Crippen molar-refractivity contribution in [2.24, 2.45) is 0 Å². The Balaban J connectivity index is 6.95. The van der Waals surface area contributed by atoms with Crippen LogP contribution < -0.4 is 0 Å². The van der Waals surface area contributed by atoms with Gasteiger partial charge in [-0.25, -0.2) is 13.2 Å². The molecule has 0 bridgehead atoms. The number of alkyl halides is 21. The fourth-order valence-electron chi connectivity index (χ4n) is 1.65. The van der Waals surface area contributed by atoms with Crippen molar-refractivity contribution in [1.29, 1.82) is 0 Å². The lowest BCUT2D eigenvalue weighted by Gasteiger charge is -2.44. The first-order valence-corrected chi connectivity index (χ1v) is 6.75. The molecule has 0 saturated heterocycles. The molecule has 194 valence electrons. The molecule has 0 aliphatic rings. The first-order valence-electron chi connectivity index (χ1n) is 6.75. The molecular weight excluding hydrogens is 531 g/mol. The molecule has 0 atom stereocenters.